The maximum atomic E-state index is 12.8. The quantitative estimate of drug-likeness (QED) is 0.555. The first kappa shape index (κ1) is 22.5. The summed E-state index contributed by atoms with van der Waals surface area (Å²) in [4.78, 5) is 16.3. The van der Waals surface area contributed by atoms with Gasteiger partial charge in [-0.1, -0.05) is 38.1 Å². The van der Waals surface area contributed by atoms with E-state index in [1.54, 1.807) is 30.6 Å². The zero-order valence-corrected chi connectivity index (χ0v) is 18.7. The summed E-state index contributed by atoms with van der Waals surface area (Å²) in [6.45, 7) is 6.59. The van der Waals surface area contributed by atoms with Gasteiger partial charge in [0.15, 0.2) is 9.84 Å². The number of aromatic nitrogens is 1. The van der Waals surface area contributed by atoms with Gasteiger partial charge in [-0.05, 0) is 65.4 Å². The SMILES string of the molecule is Cc1cc(CS(=O)(=O)c2ccc(NC(=O)NCc3cccnc3)cc2)ccc1C(C)C. The van der Waals surface area contributed by atoms with Gasteiger partial charge in [0.05, 0.1) is 10.6 Å². The predicted octanol–water partition coefficient (Wildman–Crippen LogP) is 4.81. The first-order valence-electron chi connectivity index (χ1n) is 10.1. The first-order valence-corrected chi connectivity index (χ1v) is 11.8. The van der Waals surface area contributed by atoms with Gasteiger partial charge in [0.25, 0.3) is 0 Å². The molecular weight excluding hydrogens is 410 g/mol. The molecule has 162 valence electrons. The number of rotatable bonds is 7. The summed E-state index contributed by atoms with van der Waals surface area (Å²) in [6, 6.07) is 15.3. The average molecular weight is 438 g/mol. The van der Waals surface area contributed by atoms with E-state index in [4.69, 9.17) is 0 Å². The number of aryl methyl sites for hydroxylation is 1. The molecule has 0 aliphatic carbocycles. The number of hydrogen-bond donors (Lipinski definition) is 2. The van der Waals surface area contributed by atoms with E-state index < -0.39 is 9.84 Å². The lowest BCUT2D eigenvalue weighted by Crippen LogP contribution is -2.28. The maximum absolute atomic E-state index is 12.8. The molecule has 0 spiro atoms. The van der Waals surface area contributed by atoms with E-state index in [1.165, 1.54) is 17.7 Å². The molecule has 0 bridgehead atoms. The Morgan fingerprint density at radius 1 is 1.03 bits per heavy atom. The molecule has 3 aromatic rings. The summed E-state index contributed by atoms with van der Waals surface area (Å²) in [5.74, 6) is 0.331. The van der Waals surface area contributed by atoms with Crippen LogP contribution in [-0.2, 0) is 22.1 Å². The lowest BCUT2D eigenvalue weighted by atomic mass is 9.97. The fourth-order valence-electron chi connectivity index (χ4n) is 3.38. The van der Waals surface area contributed by atoms with Crippen LogP contribution >= 0.6 is 0 Å². The Labute approximate surface area is 183 Å². The van der Waals surface area contributed by atoms with Crippen LogP contribution in [0.25, 0.3) is 0 Å². The Morgan fingerprint density at radius 2 is 1.77 bits per heavy atom. The van der Waals surface area contributed by atoms with Crippen molar-refractivity contribution in [3.05, 3.63) is 89.2 Å². The maximum Gasteiger partial charge on any atom is 0.319 e. The van der Waals surface area contributed by atoms with E-state index in [0.29, 0.717) is 18.2 Å². The van der Waals surface area contributed by atoms with Crippen LogP contribution in [0, 0.1) is 6.92 Å². The summed E-state index contributed by atoms with van der Waals surface area (Å²) in [5.41, 5.74) is 4.48. The molecule has 2 amide bonds. The number of amides is 2. The second-order valence-corrected chi connectivity index (χ2v) is 9.79. The van der Waals surface area contributed by atoms with Crippen LogP contribution in [0.3, 0.4) is 0 Å². The highest BCUT2D eigenvalue weighted by molar-refractivity contribution is 7.90. The van der Waals surface area contributed by atoms with Crippen LogP contribution in [0.15, 0.2) is 71.9 Å². The van der Waals surface area contributed by atoms with Crippen molar-refractivity contribution in [2.24, 2.45) is 0 Å². The summed E-state index contributed by atoms with van der Waals surface area (Å²) < 4.78 is 25.6. The summed E-state index contributed by atoms with van der Waals surface area (Å²) in [6.07, 6.45) is 3.35. The van der Waals surface area contributed by atoms with Gasteiger partial charge in [-0.3, -0.25) is 4.98 Å². The summed E-state index contributed by atoms with van der Waals surface area (Å²) in [7, 11) is -3.49. The molecule has 31 heavy (non-hydrogen) atoms. The molecule has 0 atom stereocenters. The van der Waals surface area contributed by atoms with E-state index in [1.807, 2.05) is 31.2 Å². The van der Waals surface area contributed by atoms with Crippen LogP contribution in [0.1, 0.15) is 42.0 Å². The fraction of sp³-hybridized carbons (Fsp3) is 0.250. The number of nitrogens with one attached hydrogen (secondary N) is 2. The van der Waals surface area contributed by atoms with Crippen molar-refractivity contribution in [3.8, 4) is 0 Å². The van der Waals surface area contributed by atoms with E-state index >= 15 is 0 Å². The molecule has 0 radical (unpaired) electrons. The molecule has 2 aromatic carbocycles. The molecule has 0 saturated carbocycles. The number of carbonyl (C=O) groups excluding carboxylic acids is 1. The monoisotopic (exact) mass is 437 g/mol. The number of urea groups is 1. The Hall–Kier alpha value is -3.19. The Balaban J connectivity index is 1.62. The zero-order valence-electron chi connectivity index (χ0n) is 17.9. The lowest BCUT2D eigenvalue weighted by Gasteiger charge is -2.12. The van der Waals surface area contributed by atoms with Crippen molar-refractivity contribution in [3.63, 3.8) is 0 Å². The average Bonchev–Trinajstić information content (AvgIpc) is 2.73. The van der Waals surface area contributed by atoms with E-state index in [2.05, 4.69) is 29.5 Å². The topological polar surface area (TPSA) is 88.2 Å². The highest BCUT2D eigenvalue weighted by Gasteiger charge is 2.16. The van der Waals surface area contributed by atoms with Crippen molar-refractivity contribution >= 4 is 21.6 Å². The Morgan fingerprint density at radius 3 is 2.39 bits per heavy atom. The molecule has 0 aliphatic heterocycles. The third kappa shape index (κ3) is 6.15. The number of sulfone groups is 1. The predicted molar refractivity (Wildman–Crippen MR) is 123 cm³/mol. The molecule has 1 heterocycles. The molecule has 7 heteroatoms. The van der Waals surface area contributed by atoms with Gasteiger partial charge < -0.3 is 10.6 Å². The van der Waals surface area contributed by atoms with Crippen LogP contribution in [0.2, 0.25) is 0 Å². The largest absolute Gasteiger partial charge is 0.334 e. The first-order chi connectivity index (χ1) is 14.7. The second kappa shape index (κ2) is 9.75. The second-order valence-electron chi connectivity index (χ2n) is 7.80. The molecule has 6 nitrogen and oxygen atoms in total. The molecule has 2 N–H and O–H groups in total. The van der Waals surface area contributed by atoms with E-state index in [9.17, 15) is 13.2 Å². The van der Waals surface area contributed by atoms with Crippen molar-refractivity contribution in [1.82, 2.24) is 10.3 Å². The van der Waals surface area contributed by atoms with Crippen LogP contribution in [0.5, 0.6) is 0 Å². The Kier molecular flexibility index (Phi) is 7.07. The van der Waals surface area contributed by atoms with Crippen molar-refractivity contribution in [1.29, 1.82) is 0 Å². The van der Waals surface area contributed by atoms with Crippen molar-refractivity contribution in [2.45, 2.75) is 43.9 Å². The number of anilines is 1. The molecule has 0 fully saturated rings. The van der Waals surface area contributed by atoms with E-state index in [-0.39, 0.29) is 16.7 Å². The normalized spacial score (nSPS) is 11.4. The van der Waals surface area contributed by atoms with Crippen LogP contribution < -0.4 is 10.6 Å². The van der Waals surface area contributed by atoms with E-state index in [0.717, 1.165) is 16.7 Å². The Bertz CT molecular complexity index is 1140. The number of pyridine rings is 1. The van der Waals surface area contributed by atoms with Crippen LogP contribution in [0.4, 0.5) is 10.5 Å². The van der Waals surface area contributed by atoms with Gasteiger partial charge in [-0.2, -0.15) is 0 Å². The molecule has 0 aliphatic rings. The van der Waals surface area contributed by atoms with Gasteiger partial charge in [0.2, 0.25) is 0 Å². The molecule has 0 unspecified atom stereocenters. The minimum absolute atomic E-state index is 0.0649. The van der Waals surface area contributed by atoms with Crippen molar-refractivity contribution in [2.75, 3.05) is 5.32 Å². The van der Waals surface area contributed by atoms with Crippen LogP contribution in [-0.4, -0.2) is 19.4 Å². The zero-order chi connectivity index (χ0) is 22.4. The van der Waals surface area contributed by atoms with Gasteiger partial charge >= 0.3 is 6.03 Å². The lowest BCUT2D eigenvalue weighted by molar-refractivity contribution is 0.251. The molecule has 0 saturated heterocycles. The molecular formula is C24H27N3O3S. The number of hydrogen-bond acceptors (Lipinski definition) is 4. The smallest absolute Gasteiger partial charge is 0.319 e. The van der Waals surface area contributed by atoms with Gasteiger partial charge in [-0.15, -0.1) is 0 Å². The molecule has 3 rings (SSSR count). The minimum Gasteiger partial charge on any atom is -0.334 e. The number of benzene rings is 2. The van der Waals surface area contributed by atoms with Gasteiger partial charge in [0, 0.05) is 24.6 Å². The number of carbonyl (C=O) groups is 1. The van der Waals surface area contributed by atoms with Gasteiger partial charge in [-0.25, -0.2) is 13.2 Å². The molecule has 1 aromatic heterocycles. The van der Waals surface area contributed by atoms with Gasteiger partial charge in [0.1, 0.15) is 0 Å². The van der Waals surface area contributed by atoms with Crippen molar-refractivity contribution < 1.29 is 13.2 Å². The highest BCUT2D eigenvalue weighted by Crippen LogP contribution is 2.23. The summed E-state index contributed by atoms with van der Waals surface area (Å²) in [5, 5.41) is 5.43. The standard InChI is InChI=1S/C24H27N3O3S/c1-17(2)23-11-6-19(13-18(23)3)16-31(29,30)22-9-7-21(8-10-22)27-24(28)26-15-20-5-4-12-25-14-20/h4-14,17H,15-16H2,1-3H3,(H2,26,27,28). The third-order valence-electron chi connectivity index (χ3n) is 4.96. The minimum atomic E-state index is -3.49. The number of nitrogens with zero attached hydrogens (tertiary/aromatic N) is 1. The highest BCUT2D eigenvalue weighted by atomic mass is 32.2. The third-order valence-corrected chi connectivity index (χ3v) is 6.66. The summed E-state index contributed by atoms with van der Waals surface area (Å²) >= 11 is 0. The fourth-order valence-corrected chi connectivity index (χ4v) is 4.72.